The molecule has 1 heterocycles. The van der Waals surface area contributed by atoms with E-state index < -0.39 is 0 Å². The molecule has 0 saturated heterocycles. The molecule has 2 N–H and O–H groups in total. The van der Waals surface area contributed by atoms with E-state index in [0.717, 1.165) is 35.9 Å². The van der Waals surface area contributed by atoms with Crippen molar-refractivity contribution in [3.05, 3.63) is 84.2 Å². The summed E-state index contributed by atoms with van der Waals surface area (Å²) in [5.74, 6) is 2.92. The zero-order chi connectivity index (χ0) is 20.3. The Morgan fingerprint density at radius 1 is 0.931 bits per heavy atom. The van der Waals surface area contributed by atoms with Crippen molar-refractivity contribution in [2.24, 2.45) is 4.99 Å². The SMILES string of the molecule is CN=C(NCCc1ccccn1)NCc1ccc(Oc2ccccc2OC)cc1. The van der Waals surface area contributed by atoms with Gasteiger partial charge in [-0.05, 0) is 42.0 Å². The molecule has 0 atom stereocenters. The smallest absolute Gasteiger partial charge is 0.191 e. The number of aliphatic imine (C=N–C) groups is 1. The van der Waals surface area contributed by atoms with Crippen LogP contribution in [0.25, 0.3) is 0 Å². The van der Waals surface area contributed by atoms with Gasteiger partial charge in [-0.15, -0.1) is 0 Å². The lowest BCUT2D eigenvalue weighted by Crippen LogP contribution is -2.37. The Bertz CT molecular complexity index is 912. The second-order valence-corrected chi connectivity index (χ2v) is 6.32. The van der Waals surface area contributed by atoms with E-state index >= 15 is 0 Å². The van der Waals surface area contributed by atoms with E-state index in [2.05, 4.69) is 20.6 Å². The first-order valence-electron chi connectivity index (χ1n) is 9.52. The number of hydrogen-bond acceptors (Lipinski definition) is 4. The molecule has 0 aliphatic rings. The van der Waals surface area contributed by atoms with Gasteiger partial charge in [0.05, 0.1) is 7.11 Å². The lowest BCUT2D eigenvalue weighted by molar-refractivity contribution is 0.379. The fourth-order valence-electron chi connectivity index (χ4n) is 2.77. The van der Waals surface area contributed by atoms with Crippen LogP contribution in [0, 0.1) is 0 Å². The Hall–Kier alpha value is -3.54. The Morgan fingerprint density at radius 3 is 2.38 bits per heavy atom. The van der Waals surface area contributed by atoms with Crippen LogP contribution in [-0.2, 0) is 13.0 Å². The van der Waals surface area contributed by atoms with Crippen molar-refractivity contribution < 1.29 is 9.47 Å². The third-order valence-corrected chi connectivity index (χ3v) is 4.30. The molecule has 0 fully saturated rings. The minimum Gasteiger partial charge on any atom is -0.493 e. The molecule has 0 aliphatic carbocycles. The molecule has 3 aromatic rings. The van der Waals surface area contributed by atoms with Gasteiger partial charge in [0.2, 0.25) is 0 Å². The average Bonchev–Trinajstić information content (AvgIpc) is 2.78. The van der Waals surface area contributed by atoms with Crippen LogP contribution in [0.15, 0.2) is 77.9 Å². The number of nitrogens with zero attached hydrogens (tertiary/aromatic N) is 2. The van der Waals surface area contributed by atoms with Gasteiger partial charge in [0.25, 0.3) is 0 Å². The lowest BCUT2D eigenvalue weighted by atomic mass is 10.2. The summed E-state index contributed by atoms with van der Waals surface area (Å²) in [6, 6.07) is 21.5. The van der Waals surface area contributed by atoms with Crippen molar-refractivity contribution in [2.75, 3.05) is 20.7 Å². The molecule has 0 spiro atoms. The zero-order valence-electron chi connectivity index (χ0n) is 16.8. The van der Waals surface area contributed by atoms with Crippen LogP contribution in [-0.4, -0.2) is 31.6 Å². The van der Waals surface area contributed by atoms with Gasteiger partial charge in [0, 0.05) is 38.4 Å². The van der Waals surface area contributed by atoms with Crippen molar-refractivity contribution in [2.45, 2.75) is 13.0 Å². The van der Waals surface area contributed by atoms with Gasteiger partial charge in [-0.25, -0.2) is 0 Å². The molecule has 29 heavy (non-hydrogen) atoms. The quantitative estimate of drug-likeness (QED) is 0.452. The number of benzene rings is 2. The van der Waals surface area contributed by atoms with Crippen LogP contribution in [0.1, 0.15) is 11.3 Å². The third kappa shape index (κ3) is 6.24. The van der Waals surface area contributed by atoms with Gasteiger partial charge in [-0.1, -0.05) is 30.3 Å². The maximum Gasteiger partial charge on any atom is 0.191 e. The fourth-order valence-corrected chi connectivity index (χ4v) is 2.77. The summed E-state index contributed by atoms with van der Waals surface area (Å²) in [6.45, 7) is 1.43. The minimum absolute atomic E-state index is 0.665. The van der Waals surface area contributed by atoms with Crippen molar-refractivity contribution >= 4 is 5.96 Å². The van der Waals surface area contributed by atoms with E-state index in [-0.39, 0.29) is 0 Å². The number of aromatic nitrogens is 1. The summed E-state index contributed by atoms with van der Waals surface area (Å²) in [5.41, 5.74) is 2.19. The summed E-state index contributed by atoms with van der Waals surface area (Å²) >= 11 is 0. The molecular weight excluding hydrogens is 364 g/mol. The molecule has 0 bridgehead atoms. The van der Waals surface area contributed by atoms with Crippen LogP contribution in [0.5, 0.6) is 17.2 Å². The summed E-state index contributed by atoms with van der Waals surface area (Å²) in [7, 11) is 3.40. The average molecular weight is 390 g/mol. The van der Waals surface area contributed by atoms with Gasteiger partial charge in [0.15, 0.2) is 17.5 Å². The molecule has 0 radical (unpaired) electrons. The number of rotatable bonds is 8. The number of pyridine rings is 1. The highest BCUT2D eigenvalue weighted by Crippen LogP contribution is 2.30. The lowest BCUT2D eigenvalue weighted by Gasteiger charge is -2.13. The van der Waals surface area contributed by atoms with E-state index in [1.165, 1.54) is 0 Å². The molecule has 2 aromatic carbocycles. The largest absolute Gasteiger partial charge is 0.493 e. The van der Waals surface area contributed by atoms with Gasteiger partial charge in [0.1, 0.15) is 5.75 Å². The number of guanidine groups is 1. The molecule has 6 heteroatoms. The number of para-hydroxylation sites is 2. The Labute approximate surface area is 171 Å². The molecule has 0 aliphatic heterocycles. The van der Waals surface area contributed by atoms with E-state index in [4.69, 9.17) is 9.47 Å². The molecule has 0 saturated carbocycles. The standard InChI is InChI=1S/C23H26N4O2/c1-24-23(26-16-14-19-7-5-6-15-25-19)27-17-18-10-12-20(13-11-18)29-22-9-4-3-8-21(22)28-2/h3-13,15H,14,16-17H2,1-2H3,(H2,24,26,27). The highest BCUT2D eigenvalue weighted by atomic mass is 16.5. The summed E-state index contributed by atoms with van der Waals surface area (Å²) in [5, 5.41) is 6.62. The van der Waals surface area contributed by atoms with Gasteiger partial charge >= 0.3 is 0 Å². The van der Waals surface area contributed by atoms with E-state index in [1.807, 2.05) is 72.9 Å². The van der Waals surface area contributed by atoms with Gasteiger partial charge in [-0.3, -0.25) is 9.98 Å². The molecule has 150 valence electrons. The number of ether oxygens (including phenoxy) is 2. The maximum atomic E-state index is 5.91. The molecule has 1 aromatic heterocycles. The number of methoxy groups -OCH3 is 1. The zero-order valence-corrected chi connectivity index (χ0v) is 16.8. The number of hydrogen-bond donors (Lipinski definition) is 2. The predicted octanol–water partition coefficient (Wildman–Crippen LogP) is 3.79. The van der Waals surface area contributed by atoms with E-state index in [9.17, 15) is 0 Å². The summed E-state index contributed by atoms with van der Waals surface area (Å²) in [4.78, 5) is 8.59. The molecule has 6 nitrogen and oxygen atoms in total. The Kier molecular flexibility index (Phi) is 7.46. The molecule has 0 unspecified atom stereocenters. The number of nitrogens with one attached hydrogen (secondary N) is 2. The van der Waals surface area contributed by atoms with Crippen LogP contribution in [0.4, 0.5) is 0 Å². The first-order chi connectivity index (χ1) is 14.3. The van der Waals surface area contributed by atoms with Crippen LogP contribution >= 0.6 is 0 Å². The van der Waals surface area contributed by atoms with Crippen molar-refractivity contribution in [3.63, 3.8) is 0 Å². The van der Waals surface area contributed by atoms with Gasteiger partial charge in [-0.2, -0.15) is 0 Å². The van der Waals surface area contributed by atoms with Crippen molar-refractivity contribution in [1.29, 1.82) is 0 Å². The predicted molar refractivity (Wildman–Crippen MR) is 116 cm³/mol. The first kappa shape index (κ1) is 20.2. The summed E-state index contributed by atoms with van der Waals surface area (Å²) in [6.07, 6.45) is 2.65. The Morgan fingerprint density at radius 2 is 1.69 bits per heavy atom. The van der Waals surface area contributed by atoms with Crippen LogP contribution in [0.3, 0.4) is 0 Å². The Balaban J connectivity index is 1.47. The second kappa shape index (κ2) is 10.7. The second-order valence-electron chi connectivity index (χ2n) is 6.32. The van der Waals surface area contributed by atoms with E-state index in [0.29, 0.717) is 18.0 Å². The van der Waals surface area contributed by atoms with Crippen LogP contribution in [0.2, 0.25) is 0 Å². The molecule has 0 amide bonds. The van der Waals surface area contributed by atoms with Gasteiger partial charge < -0.3 is 20.1 Å². The fraction of sp³-hybridized carbons (Fsp3) is 0.217. The normalized spacial score (nSPS) is 11.0. The van der Waals surface area contributed by atoms with Crippen LogP contribution < -0.4 is 20.1 Å². The minimum atomic E-state index is 0.665. The first-order valence-corrected chi connectivity index (χ1v) is 9.52. The topological polar surface area (TPSA) is 67.8 Å². The molecular formula is C23H26N4O2. The van der Waals surface area contributed by atoms with Crippen molar-refractivity contribution in [1.82, 2.24) is 15.6 Å². The third-order valence-electron chi connectivity index (χ3n) is 4.30. The summed E-state index contributed by atoms with van der Waals surface area (Å²) < 4.78 is 11.2. The monoisotopic (exact) mass is 390 g/mol. The molecule has 3 rings (SSSR count). The van der Waals surface area contributed by atoms with E-state index in [1.54, 1.807) is 14.2 Å². The van der Waals surface area contributed by atoms with Crippen molar-refractivity contribution in [3.8, 4) is 17.2 Å². The highest BCUT2D eigenvalue weighted by molar-refractivity contribution is 5.79. The highest BCUT2D eigenvalue weighted by Gasteiger charge is 2.05. The maximum absolute atomic E-state index is 5.91.